The number of pyridine rings is 1. The molecule has 5 heteroatoms. The van der Waals surface area contributed by atoms with Crippen LogP contribution >= 0.6 is 0 Å². The van der Waals surface area contributed by atoms with Crippen molar-refractivity contribution in [1.82, 2.24) is 10.3 Å². The number of benzene rings is 1. The molecule has 0 saturated heterocycles. The number of primary amides is 1. The summed E-state index contributed by atoms with van der Waals surface area (Å²) in [5.41, 5.74) is 7.35. The molecule has 3 rings (SSSR count). The molecule has 3 N–H and O–H groups in total. The van der Waals surface area contributed by atoms with Crippen LogP contribution < -0.4 is 15.8 Å². The highest BCUT2D eigenvalue weighted by Gasteiger charge is 2.20. The number of rotatable bonds is 7. The van der Waals surface area contributed by atoms with Gasteiger partial charge in [0.25, 0.3) is 0 Å². The summed E-state index contributed by atoms with van der Waals surface area (Å²) in [6.07, 6.45) is 6.57. The van der Waals surface area contributed by atoms with E-state index in [9.17, 15) is 4.79 Å². The summed E-state index contributed by atoms with van der Waals surface area (Å²) in [7, 11) is 0. The Bertz CT molecular complexity index is 669. The van der Waals surface area contributed by atoms with Gasteiger partial charge in [0.2, 0.25) is 11.8 Å². The molecular formula is C19H23N3O2. The molecule has 1 fully saturated rings. The standard InChI is InChI=1S/C19H23N3O2/c20-18(23)17(14-7-2-1-3-8-14)22-13-15-9-6-12-21-19(15)24-16-10-4-5-11-16/h1-3,6-9,12,16-17,22H,4-5,10-11,13H2,(H2,20,23)/t17-/m0/s1. The molecule has 1 heterocycles. The highest BCUT2D eigenvalue weighted by Crippen LogP contribution is 2.25. The van der Waals surface area contributed by atoms with Crippen molar-refractivity contribution in [2.24, 2.45) is 5.73 Å². The van der Waals surface area contributed by atoms with Crippen LogP contribution in [0.4, 0.5) is 0 Å². The quantitative estimate of drug-likeness (QED) is 0.820. The van der Waals surface area contributed by atoms with Gasteiger partial charge in [-0.25, -0.2) is 4.98 Å². The Labute approximate surface area is 142 Å². The molecule has 1 aromatic heterocycles. The fourth-order valence-electron chi connectivity index (χ4n) is 3.07. The van der Waals surface area contributed by atoms with E-state index in [0.29, 0.717) is 12.4 Å². The molecule has 0 aliphatic heterocycles. The molecule has 0 spiro atoms. The van der Waals surface area contributed by atoms with Crippen LogP contribution in [-0.2, 0) is 11.3 Å². The van der Waals surface area contributed by atoms with Crippen molar-refractivity contribution in [2.45, 2.75) is 44.4 Å². The summed E-state index contributed by atoms with van der Waals surface area (Å²) >= 11 is 0. The molecule has 0 unspecified atom stereocenters. The number of ether oxygens (including phenoxy) is 1. The zero-order valence-corrected chi connectivity index (χ0v) is 13.7. The number of carbonyl (C=O) groups excluding carboxylic acids is 1. The highest BCUT2D eigenvalue weighted by molar-refractivity contribution is 5.81. The summed E-state index contributed by atoms with van der Waals surface area (Å²) in [5, 5.41) is 3.22. The van der Waals surface area contributed by atoms with Crippen LogP contribution in [0.5, 0.6) is 5.88 Å². The molecule has 1 aliphatic carbocycles. The van der Waals surface area contributed by atoms with Crippen LogP contribution in [0.2, 0.25) is 0 Å². The predicted octanol–water partition coefficient (Wildman–Crippen LogP) is 2.72. The van der Waals surface area contributed by atoms with Gasteiger partial charge in [-0.1, -0.05) is 36.4 Å². The summed E-state index contributed by atoms with van der Waals surface area (Å²) in [6, 6.07) is 12.8. The first-order valence-electron chi connectivity index (χ1n) is 8.42. The molecule has 126 valence electrons. The highest BCUT2D eigenvalue weighted by atomic mass is 16.5. The third kappa shape index (κ3) is 4.11. The minimum Gasteiger partial charge on any atom is -0.474 e. The van der Waals surface area contributed by atoms with Crippen molar-refractivity contribution in [3.8, 4) is 5.88 Å². The van der Waals surface area contributed by atoms with Gasteiger partial charge in [0.15, 0.2) is 0 Å². The van der Waals surface area contributed by atoms with E-state index in [1.54, 1.807) is 6.20 Å². The largest absolute Gasteiger partial charge is 0.474 e. The second-order valence-corrected chi connectivity index (χ2v) is 6.12. The zero-order chi connectivity index (χ0) is 16.8. The summed E-state index contributed by atoms with van der Waals surface area (Å²) in [6.45, 7) is 0.471. The number of nitrogens with one attached hydrogen (secondary N) is 1. The Balaban J connectivity index is 1.69. The fraction of sp³-hybridized carbons (Fsp3) is 0.368. The average molecular weight is 325 g/mol. The second-order valence-electron chi connectivity index (χ2n) is 6.12. The molecule has 1 atom stereocenters. The maximum absolute atomic E-state index is 11.8. The molecular weight excluding hydrogens is 302 g/mol. The van der Waals surface area contributed by atoms with Crippen LogP contribution in [0.1, 0.15) is 42.9 Å². The maximum Gasteiger partial charge on any atom is 0.239 e. The van der Waals surface area contributed by atoms with Crippen LogP contribution in [0, 0.1) is 0 Å². The lowest BCUT2D eigenvalue weighted by molar-refractivity contribution is -0.120. The number of aromatic nitrogens is 1. The Morgan fingerprint density at radius 3 is 2.67 bits per heavy atom. The van der Waals surface area contributed by atoms with Crippen molar-refractivity contribution in [2.75, 3.05) is 0 Å². The van der Waals surface area contributed by atoms with Crippen molar-refractivity contribution in [1.29, 1.82) is 0 Å². The van der Waals surface area contributed by atoms with Gasteiger partial charge in [-0.15, -0.1) is 0 Å². The van der Waals surface area contributed by atoms with E-state index >= 15 is 0 Å². The minimum atomic E-state index is -0.536. The lowest BCUT2D eigenvalue weighted by Crippen LogP contribution is -2.33. The van der Waals surface area contributed by atoms with E-state index in [0.717, 1.165) is 24.0 Å². The Morgan fingerprint density at radius 1 is 1.21 bits per heavy atom. The molecule has 2 aromatic rings. The van der Waals surface area contributed by atoms with Gasteiger partial charge in [0, 0.05) is 18.3 Å². The number of carbonyl (C=O) groups is 1. The Kier molecular flexibility index (Phi) is 5.43. The fourth-order valence-corrected chi connectivity index (χ4v) is 3.07. The topological polar surface area (TPSA) is 77.2 Å². The van der Waals surface area contributed by atoms with Crippen LogP contribution in [-0.4, -0.2) is 17.0 Å². The molecule has 24 heavy (non-hydrogen) atoms. The van der Waals surface area contributed by atoms with E-state index in [4.69, 9.17) is 10.5 Å². The lowest BCUT2D eigenvalue weighted by atomic mass is 10.1. The minimum absolute atomic E-state index is 0.250. The van der Waals surface area contributed by atoms with Gasteiger partial charge in [0.05, 0.1) is 0 Å². The molecule has 1 amide bonds. The number of nitrogens with zero attached hydrogens (tertiary/aromatic N) is 1. The Hall–Kier alpha value is -2.40. The van der Waals surface area contributed by atoms with Gasteiger partial charge < -0.3 is 10.5 Å². The third-order valence-electron chi connectivity index (χ3n) is 4.34. The van der Waals surface area contributed by atoms with Crippen molar-refractivity contribution in [3.63, 3.8) is 0 Å². The SMILES string of the molecule is NC(=O)[C@@H](NCc1cccnc1OC1CCCC1)c1ccccc1. The summed E-state index contributed by atoms with van der Waals surface area (Å²) < 4.78 is 6.04. The number of hydrogen-bond donors (Lipinski definition) is 2. The first-order valence-corrected chi connectivity index (χ1v) is 8.42. The predicted molar refractivity (Wildman–Crippen MR) is 92.3 cm³/mol. The molecule has 0 radical (unpaired) electrons. The summed E-state index contributed by atoms with van der Waals surface area (Å²) in [5.74, 6) is 0.247. The molecule has 1 aliphatic rings. The number of amides is 1. The molecule has 0 bridgehead atoms. The van der Waals surface area contributed by atoms with Crippen molar-refractivity contribution in [3.05, 3.63) is 59.8 Å². The van der Waals surface area contributed by atoms with Crippen LogP contribution in [0.3, 0.4) is 0 Å². The first-order chi connectivity index (χ1) is 11.7. The third-order valence-corrected chi connectivity index (χ3v) is 4.34. The average Bonchev–Trinajstić information content (AvgIpc) is 3.10. The zero-order valence-electron chi connectivity index (χ0n) is 13.7. The van der Waals surface area contributed by atoms with E-state index < -0.39 is 11.9 Å². The lowest BCUT2D eigenvalue weighted by Gasteiger charge is -2.18. The maximum atomic E-state index is 11.8. The van der Waals surface area contributed by atoms with E-state index in [-0.39, 0.29) is 6.10 Å². The molecule has 1 aromatic carbocycles. The normalized spacial score (nSPS) is 16.0. The van der Waals surface area contributed by atoms with Gasteiger partial charge in [-0.05, 0) is 37.3 Å². The van der Waals surface area contributed by atoms with Gasteiger partial charge in [-0.2, -0.15) is 0 Å². The molecule has 5 nitrogen and oxygen atoms in total. The molecule has 1 saturated carbocycles. The van der Waals surface area contributed by atoms with E-state index in [1.165, 1.54) is 12.8 Å². The van der Waals surface area contributed by atoms with Crippen molar-refractivity contribution >= 4 is 5.91 Å². The Morgan fingerprint density at radius 2 is 1.96 bits per heavy atom. The van der Waals surface area contributed by atoms with Gasteiger partial charge >= 0.3 is 0 Å². The van der Waals surface area contributed by atoms with Crippen LogP contribution in [0.15, 0.2) is 48.7 Å². The first kappa shape index (κ1) is 16.5. The monoisotopic (exact) mass is 325 g/mol. The van der Waals surface area contributed by atoms with Gasteiger partial charge in [-0.3, -0.25) is 10.1 Å². The number of hydrogen-bond acceptors (Lipinski definition) is 4. The van der Waals surface area contributed by atoms with E-state index in [1.807, 2.05) is 42.5 Å². The van der Waals surface area contributed by atoms with Gasteiger partial charge in [0.1, 0.15) is 12.1 Å². The van der Waals surface area contributed by atoms with Crippen LogP contribution in [0.25, 0.3) is 0 Å². The number of nitrogens with two attached hydrogens (primary N) is 1. The smallest absolute Gasteiger partial charge is 0.239 e. The second kappa shape index (κ2) is 7.93. The van der Waals surface area contributed by atoms with E-state index in [2.05, 4.69) is 10.3 Å². The van der Waals surface area contributed by atoms with Crippen molar-refractivity contribution < 1.29 is 9.53 Å². The summed E-state index contributed by atoms with van der Waals surface area (Å²) in [4.78, 5) is 16.2.